The van der Waals surface area contributed by atoms with Gasteiger partial charge in [0.15, 0.2) is 15.9 Å². The topological polar surface area (TPSA) is 116 Å². The van der Waals surface area contributed by atoms with Crippen LogP contribution in [0.2, 0.25) is 0 Å². The van der Waals surface area contributed by atoms with Gasteiger partial charge in [0.25, 0.3) is 5.91 Å². The fraction of sp³-hybridized carbons (Fsp3) is 0.519. The molecule has 214 valence electrons. The average molecular weight is 571 g/mol. The van der Waals surface area contributed by atoms with E-state index in [1.807, 2.05) is 12.1 Å². The van der Waals surface area contributed by atoms with Crippen molar-refractivity contribution >= 4 is 15.7 Å². The molecule has 39 heavy (non-hydrogen) atoms. The summed E-state index contributed by atoms with van der Waals surface area (Å²) in [6.45, 7) is 3.03. The second-order valence-electron chi connectivity index (χ2n) is 10.1. The number of aliphatic hydroxyl groups excluding tert-OH is 2. The number of aliphatic hydroxyl groups is 2. The Morgan fingerprint density at radius 3 is 2.54 bits per heavy atom. The molecule has 4 rings (SSSR count). The summed E-state index contributed by atoms with van der Waals surface area (Å²) in [5, 5.41) is 23.5. The Hall–Kier alpha value is -2.67. The number of nitrogens with zero attached hydrogens (tertiary/aromatic N) is 1. The van der Waals surface area contributed by atoms with E-state index in [9.17, 15) is 36.6 Å². The maximum absolute atomic E-state index is 12.8. The number of halogens is 3. The number of nitrogens with one attached hydrogen (secondary N) is 1. The molecule has 2 aliphatic rings. The normalized spacial score (nSPS) is 20.1. The van der Waals surface area contributed by atoms with Crippen molar-refractivity contribution in [3.63, 3.8) is 0 Å². The summed E-state index contributed by atoms with van der Waals surface area (Å²) in [5.41, 5.74) is 3.24. The molecular weight excluding hydrogens is 537 g/mol. The molecule has 8 nitrogen and oxygen atoms in total. The van der Waals surface area contributed by atoms with Crippen LogP contribution in [0.25, 0.3) is 0 Å². The van der Waals surface area contributed by atoms with Crippen molar-refractivity contribution in [3.8, 4) is 5.75 Å². The number of aryl methyl sites for hydroxylation is 1. The summed E-state index contributed by atoms with van der Waals surface area (Å²) in [6.07, 6.45) is -3.11. The third-order valence-corrected chi connectivity index (χ3v) is 8.87. The average Bonchev–Trinajstić information content (AvgIpc) is 2.88. The molecule has 2 aromatic carbocycles. The van der Waals surface area contributed by atoms with Crippen molar-refractivity contribution in [2.45, 2.75) is 74.6 Å². The predicted octanol–water partition coefficient (Wildman–Crippen LogP) is 3.26. The Bertz CT molecular complexity index is 1260. The standard InChI is InChI=1S/C27H33F3N2O6S/c28-27(29,30)38-20-7-5-8-21(15-20)39(36,37)17-24(33)25(34)26(35)31-23-9-4-6-19-14-18(10-11-22(19)23)16-32-12-2-1-3-13-32/h5,7-8,10-11,14-15,23-25,33-34H,1-4,6,9,12-13,16-17H2,(H,31,35)/t23-,24-,25-/m1/s1. The van der Waals surface area contributed by atoms with Gasteiger partial charge in [-0.05, 0) is 80.1 Å². The maximum atomic E-state index is 12.8. The Kier molecular flexibility index (Phi) is 9.20. The van der Waals surface area contributed by atoms with Crippen LogP contribution < -0.4 is 10.1 Å². The van der Waals surface area contributed by atoms with Crippen LogP contribution in [-0.4, -0.2) is 66.9 Å². The quantitative estimate of drug-likeness (QED) is 0.424. The highest BCUT2D eigenvalue weighted by Crippen LogP contribution is 2.31. The molecule has 3 atom stereocenters. The Balaban J connectivity index is 1.38. The number of amides is 1. The third kappa shape index (κ3) is 7.93. The lowest BCUT2D eigenvalue weighted by atomic mass is 9.86. The van der Waals surface area contributed by atoms with Gasteiger partial charge in [0, 0.05) is 6.54 Å². The third-order valence-electron chi connectivity index (χ3n) is 7.11. The molecule has 1 amide bonds. The zero-order chi connectivity index (χ0) is 28.2. The predicted molar refractivity (Wildman–Crippen MR) is 137 cm³/mol. The summed E-state index contributed by atoms with van der Waals surface area (Å²) in [4.78, 5) is 14.6. The van der Waals surface area contributed by atoms with Gasteiger partial charge >= 0.3 is 6.36 Å². The molecule has 1 saturated heterocycles. The number of piperidine rings is 1. The smallest absolute Gasteiger partial charge is 0.406 e. The van der Waals surface area contributed by atoms with Crippen LogP contribution in [0.5, 0.6) is 5.75 Å². The largest absolute Gasteiger partial charge is 0.573 e. The Morgan fingerprint density at radius 2 is 1.82 bits per heavy atom. The molecule has 1 fully saturated rings. The molecule has 1 aliphatic carbocycles. The fourth-order valence-electron chi connectivity index (χ4n) is 5.20. The van der Waals surface area contributed by atoms with E-state index in [-0.39, 0.29) is 0 Å². The molecule has 0 spiro atoms. The monoisotopic (exact) mass is 570 g/mol. The summed E-state index contributed by atoms with van der Waals surface area (Å²) >= 11 is 0. The number of hydrogen-bond donors (Lipinski definition) is 3. The van der Waals surface area contributed by atoms with Gasteiger partial charge < -0.3 is 20.3 Å². The molecule has 2 aromatic rings. The zero-order valence-corrected chi connectivity index (χ0v) is 22.2. The van der Waals surface area contributed by atoms with Crippen LogP contribution in [-0.2, 0) is 27.6 Å². The van der Waals surface area contributed by atoms with E-state index < -0.39 is 56.8 Å². The molecule has 0 unspecified atom stereocenters. The number of hydrogen-bond acceptors (Lipinski definition) is 7. The van der Waals surface area contributed by atoms with E-state index >= 15 is 0 Å². The molecule has 0 saturated carbocycles. The molecule has 3 N–H and O–H groups in total. The molecule has 0 aromatic heterocycles. The first-order valence-corrected chi connectivity index (χ1v) is 14.7. The first-order valence-electron chi connectivity index (χ1n) is 13.0. The molecule has 0 radical (unpaired) electrons. The highest BCUT2D eigenvalue weighted by molar-refractivity contribution is 7.91. The summed E-state index contributed by atoms with van der Waals surface area (Å²) in [6, 6.07) is 9.45. The van der Waals surface area contributed by atoms with Crippen molar-refractivity contribution in [3.05, 3.63) is 59.2 Å². The molecule has 1 heterocycles. The molecule has 0 bridgehead atoms. The Morgan fingerprint density at radius 1 is 1.08 bits per heavy atom. The lowest BCUT2D eigenvalue weighted by molar-refractivity contribution is -0.274. The van der Waals surface area contributed by atoms with Crippen molar-refractivity contribution in [1.29, 1.82) is 0 Å². The lowest BCUT2D eigenvalue weighted by Gasteiger charge is -2.30. The van der Waals surface area contributed by atoms with Crippen LogP contribution in [0.1, 0.15) is 54.8 Å². The first-order chi connectivity index (χ1) is 18.4. The minimum absolute atomic E-state index is 0.403. The number of likely N-dealkylation sites (tertiary alicyclic amines) is 1. The van der Waals surface area contributed by atoms with Crippen molar-refractivity contribution < 1.29 is 41.3 Å². The number of rotatable bonds is 9. The van der Waals surface area contributed by atoms with Crippen LogP contribution in [0.4, 0.5) is 13.2 Å². The second kappa shape index (κ2) is 12.2. The van der Waals surface area contributed by atoms with Gasteiger partial charge in [-0.2, -0.15) is 0 Å². The van der Waals surface area contributed by atoms with Gasteiger partial charge in [-0.25, -0.2) is 8.42 Å². The second-order valence-corrected chi connectivity index (χ2v) is 12.2. The SMILES string of the molecule is O=C(N[C@@H]1CCCc2cc(CN3CCCCC3)ccc21)[C@H](O)[C@H](O)CS(=O)(=O)c1cccc(OC(F)(F)F)c1. The number of fused-ring (bicyclic) bond motifs is 1. The maximum Gasteiger partial charge on any atom is 0.573 e. The van der Waals surface area contributed by atoms with Gasteiger partial charge in [0.2, 0.25) is 0 Å². The highest BCUT2D eigenvalue weighted by atomic mass is 32.2. The van der Waals surface area contributed by atoms with Crippen LogP contribution >= 0.6 is 0 Å². The van der Waals surface area contributed by atoms with E-state index in [0.717, 1.165) is 61.8 Å². The van der Waals surface area contributed by atoms with Gasteiger partial charge in [-0.1, -0.05) is 30.7 Å². The van der Waals surface area contributed by atoms with E-state index in [1.54, 1.807) is 0 Å². The van der Waals surface area contributed by atoms with Crippen LogP contribution in [0, 0.1) is 0 Å². The minimum atomic E-state index is -5.01. The van der Waals surface area contributed by atoms with Crippen LogP contribution in [0.3, 0.4) is 0 Å². The summed E-state index contributed by atoms with van der Waals surface area (Å²) in [5.74, 6) is -2.74. The zero-order valence-electron chi connectivity index (χ0n) is 21.4. The van der Waals surface area contributed by atoms with E-state index in [0.29, 0.717) is 12.5 Å². The van der Waals surface area contributed by atoms with Crippen LogP contribution in [0.15, 0.2) is 47.4 Å². The first kappa shape index (κ1) is 29.3. The number of benzene rings is 2. The number of carbonyl (C=O) groups is 1. The molecule has 1 aliphatic heterocycles. The van der Waals surface area contributed by atoms with Gasteiger partial charge in [0.1, 0.15) is 11.9 Å². The number of alkyl halides is 3. The molecular formula is C27H33F3N2O6S. The van der Waals surface area contributed by atoms with Gasteiger partial charge in [0.05, 0.1) is 16.7 Å². The molecule has 12 heteroatoms. The number of sulfone groups is 1. The minimum Gasteiger partial charge on any atom is -0.406 e. The summed E-state index contributed by atoms with van der Waals surface area (Å²) < 4.78 is 66.5. The van der Waals surface area contributed by atoms with E-state index in [4.69, 9.17) is 0 Å². The number of ether oxygens (including phenoxy) is 1. The van der Waals surface area contributed by atoms with Crippen molar-refractivity contribution in [1.82, 2.24) is 10.2 Å². The Labute approximate surface area is 225 Å². The number of carbonyl (C=O) groups excluding carboxylic acids is 1. The fourth-order valence-corrected chi connectivity index (χ4v) is 6.61. The lowest BCUT2D eigenvalue weighted by Crippen LogP contribution is -2.46. The van der Waals surface area contributed by atoms with Gasteiger partial charge in [-0.3, -0.25) is 9.69 Å². The van der Waals surface area contributed by atoms with Crippen molar-refractivity contribution in [2.75, 3.05) is 18.8 Å². The van der Waals surface area contributed by atoms with E-state index in [2.05, 4.69) is 21.0 Å². The highest BCUT2D eigenvalue weighted by Gasteiger charge is 2.34. The van der Waals surface area contributed by atoms with Gasteiger partial charge in [-0.15, -0.1) is 13.2 Å². The van der Waals surface area contributed by atoms with Crippen molar-refractivity contribution in [2.24, 2.45) is 0 Å². The van der Waals surface area contributed by atoms with E-state index in [1.165, 1.54) is 24.8 Å². The summed E-state index contributed by atoms with van der Waals surface area (Å²) in [7, 11) is -4.36.